The van der Waals surface area contributed by atoms with Crippen LogP contribution in [0.1, 0.15) is 11.1 Å². The average molecular weight is 350 g/mol. The molecule has 0 atom stereocenters. The predicted molar refractivity (Wildman–Crippen MR) is 82.6 cm³/mol. The van der Waals surface area contributed by atoms with Crippen LogP contribution in [-0.2, 0) is 14.3 Å². The normalized spacial score (nSPS) is 10.9. The minimum absolute atomic E-state index is 0.106. The van der Waals surface area contributed by atoms with E-state index in [-0.39, 0.29) is 16.1 Å². The molecule has 1 rings (SSSR count). The number of carbonyl (C=O) groups excluding carboxylic acids is 2. The molecule has 0 bridgehead atoms. The maximum Gasteiger partial charge on any atom is 0.325 e. The van der Waals surface area contributed by atoms with Crippen molar-refractivity contribution in [2.45, 2.75) is 0 Å². The Morgan fingerprint density at radius 1 is 1.38 bits per heavy atom. The summed E-state index contributed by atoms with van der Waals surface area (Å²) in [5, 5.41) is 37.6. The largest absolute Gasteiger partial charge is 0.506 e. The molecular formula is C15H12ClN3O5. The summed E-state index contributed by atoms with van der Waals surface area (Å²) in [6, 6.07) is 5.37. The summed E-state index contributed by atoms with van der Waals surface area (Å²) in [6.07, 6.45) is 0. The highest BCUT2D eigenvalue weighted by Gasteiger charge is 2.23. The lowest BCUT2D eigenvalue weighted by atomic mass is 10.0. The van der Waals surface area contributed by atoms with Gasteiger partial charge in [-0.15, -0.1) is 0 Å². The van der Waals surface area contributed by atoms with Gasteiger partial charge in [0.05, 0.1) is 17.7 Å². The molecule has 0 unspecified atom stereocenters. The van der Waals surface area contributed by atoms with Crippen molar-refractivity contribution in [2.24, 2.45) is 0 Å². The van der Waals surface area contributed by atoms with Crippen LogP contribution in [0.25, 0.3) is 5.76 Å². The molecule has 0 aliphatic rings. The molecule has 1 amide bonds. The fraction of sp³-hybridized carbons (Fsp3) is 0.200. The quantitative estimate of drug-likeness (QED) is 0.362. The van der Waals surface area contributed by atoms with Crippen LogP contribution in [0, 0.1) is 22.7 Å². The average Bonchev–Trinajstić information content (AvgIpc) is 2.57. The summed E-state index contributed by atoms with van der Waals surface area (Å²) < 4.78 is 4.41. The first kappa shape index (κ1) is 18.8. The van der Waals surface area contributed by atoms with Crippen LogP contribution in [0.3, 0.4) is 0 Å². The SMILES string of the molecule is COC(=O)CN(C)C(=O)/C(C#N)=C(\O)c1cc(Cl)c(O)c(C#N)c1. The maximum atomic E-state index is 12.2. The molecular weight excluding hydrogens is 338 g/mol. The Morgan fingerprint density at radius 2 is 2.00 bits per heavy atom. The molecule has 0 spiro atoms. The predicted octanol–water partition coefficient (Wildman–Crippen LogP) is 1.34. The van der Waals surface area contributed by atoms with E-state index in [2.05, 4.69) is 4.74 Å². The molecule has 0 heterocycles. The van der Waals surface area contributed by atoms with E-state index in [1.807, 2.05) is 0 Å². The zero-order valence-electron chi connectivity index (χ0n) is 12.7. The van der Waals surface area contributed by atoms with Gasteiger partial charge < -0.3 is 19.8 Å². The lowest BCUT2D eigenvalue weighted by Gasteiger charge is -2.15. The fourth-order valence-corrected chi connectivity index (χ4v) is 1.91. The Hall–Kier alpha value is -3.23. The topological polar surface area (TPSA) is 135 Å². The van der Waals surface area contributed by atoms with E-state index in [1.165, 1.54) is 7.05 Å². The second-order valence-electron chi connectivity index (χ2n) is 4.54. The number of ether oxygens (including phenoxy) is 1. The van der Waals surface area contributed by atoms with Crippen molar-refractivity contribution < 1.29 is 24.5 Å². The summed E-state index contributed by atoms with van der Waals surface area (Å²) in [5.41, 5.74) is -1.01. The van der Waals surface area contributed by atoms with Crippen molar-refractivity contribution in [1.82, 2.24) is 4.90 Å². The van der Waals surface area contributed by atoms with Crippen molar-refractivity contribution in [1.29, 1.82) is 10.5 Å². The van der Waals surface area contributed by atoms with Gasteiger partial charge in [-0.25, -0.2) is 0 Å². The molecule has 0 aliphatic carbocycles. The third-order valence-corrected chi connectivity index (χ3v) is 3.25. The van der Waals surface area contributed by atoms with Crippen LogP contribution >= 0.6 is 11.6 Å². The van der Waals surface area contributed by atoms with E-state index in [0.717, 1.165) is 24.1 Å². The maximum absolute atomic E-state index is 12.2. The first-order chi connectivity index (χ1) is 11.3. The zero-order valence-corrected chi connectivity index (χ0v) is 13.5. The third kappa shape index (κ3) is 3.94. The number of carbonyl (C=O) groups is 2. The molecule has 124 valence electrons. The molecule has 9 heteroatoms. The number of benzene rings is 1. The minimum atomic E-state index is -0.928. The Bertz CT molecular complexity index is 805. The Balaban J connectivity index is 3.34. The van der Waals surface area contributed by atoms with E-state index in [0.29, 0.717) is 0 Å². The van der Waals surface area contributed by atoms with Gasteiger partial charge in [0.25, 0.3) is 5.91 Å². The number of likely N-dealkylation sites (N-methyl/N-ethyl adjacent to an activating group) is 1. The number of hydrogen-bond donors (Lipinski definition) is 2. The minimum Gasteiger partial charge on any atom is -0.506 e. The summed E-state index contributed by atoms with van der Waals surface area (Å²) in [5.74, 6) is -2.86. The second kappa shape index (κ2) is 7.86. The molecule has 0 saturated carbocycles. The number of rotatable bonds is 4. The fourth-order valence-electron chi connectivity index (χ4n) is 1.69. The number of aliphatic hydroxyl groups excluding tert-OH is 1. The molecule has 0 saturated heterocycles. The number of methoxy groups -OCH3 is 1. The molecule has 24 heavy (non-hydrogen) atoms. The van der Waals surface area contributed by atoms with Gasteiger partial charge in [0.1, 0.15) is 24.4 Å². The van der Waals surface area contributed by atoms with Crippen LogP contribution in [0.15, 0.2) is 17.7 Å². The van der Waals surface area contributed by atoms with Crippen LogP contribution in [0.4, 0.5) is 0 Å². The molecule has 1 aromatic carbocycles. The van der Waals surface area contributed by atoms with Gasteiger partial charge in [-0.05, 0) is 12.1 Å². The molecule has 0 aliphatic heterocycles. The number of hydrogen-bond acceptors (Lipinski definition) is 7. The second-order valence-corrected chi connectivity index (χ2v) is 4.95. The van der Waals surface area contributed by atoms with Crippen molar-refractivity contribution in [3.8, 4) is 17.9 Å². The number of aromatic hydroxyl groups is 1. The van der Waals surface area contributed by atoms with Crippen LogP contribution in [-0.4, -0.2) is 47.7 Å². The number of esters is 1. The number of phenols is 1. The molecule has 0 aromatic heterocycles. The number of nitriles is 2. The Labute approximate surface area is 142 Å². The van der Waals surface area contributed by atoms with E-state index in [4.69, 9.17) is 22.1 Å². The van der Waals surface area contributed by atoms with Crippen molar-refractivity contribution in [2.75, 3.05) is 20.7 Å². The van der Waals surface area contributed by atoms with Crippen LogP contribution in [0.5, 0.6) is 5.75 Å². The molecule has 0 fully saturated rings. The summed E-state index contributed by atoms with van der Waals surface area (Å²) in [4.78, 5) is 24.2. The van der Waals surface area contributed by atoms with Gasteiger partial charge >= 0.3 is 5.97 Å². The smallest absolute Gasteiger partial charge is 0.325 e. The lowest BCUT2D eigenvalue weighted by molar-refractivity contribution is -0.144. The highest BCUT2D eigenvalue weighted by atomic mass is 35.5. The van der Waals surface area contributed by atoms with E-state index < -0.39 is 35.5 Å². The number of aliphatic hydroxyl groups is 1. The first-order valence-corrected chi connectivity index (χ1v) is 6.73. The number of phenolic OH excluding ortho intramolecular Hbond substituents is 1. The van der Waals surface area contributed by atoms with E-state index >= 15 is 0 Å². The van der Waals surface area contributed by atoms with Gasteiger partial charge in [-0.1, -0.05) is 11.6 Å². The monoisotopic (exact) mass is 349 g/mol. The van der Waals surface area contributed by atoms with Crippen LogP contribution < -0.4 is 0 Å². The summed E-state index contributed by atoms with van der Waals surface area (Å²) >= 11 is 5.75. The van der Waals surface area contributed by atoms with Gasteiger partial charge in [0.2, 0.25) is 0 Å². The Kier molecular flexibility index (Phi) is 6.16. The number of amides is 1. The number of nitrogens with zero attached hydrogens (tertiary/aromatic N) is 3. The van der Waals surface area contributed by atoms with Crippen LogP contribution in [0.2, 0.25) is 5.02 Å². The van der Waals surface area contributed by atoms with Crippen molar-refractivity contribution in [3.05, 3.63) is 33.9 Å². The molecule has 8 nitrogen and oxygen atoms in total. The van der Waals surface area contributed by atoms with Gasteiger partial charge in [-0.2, -0.15) is 10.5 Å². The highest BCUT2D eigenvalue weighted by Crippen LogP contribution is 2.31. The lowest BCUT2D eigenvalue weighted by Crippen LogP contribution is -2.33. The van der Waals surface area contributed by atoms with Gasteiger partial charge in [0.15, 0.2) is 11.3 Å². The number of halogens is 1. The van der Waals surface area contributed by atoms with Gasteiger partial charge in [0, 0.05) is 12.6 Å². The van der Waals surface area contributed by atoms with Gasteiger partial charge in [-0.3, -0.25) is 9.59 Å². The summed E-state index contributed by atoms with van der Waals surface area (Å²) in [7, 11) is 2.38. The highest BCUT2D eigenvalue weighted by molar-refractivity contribution is 6.32. The van der Waals surface area contributed by atoms with E-state index in [9.17, 15) is 19.8 Å². The van der Waals surface area contributed by atoms with Crippen molar-refractivity contribution in [3.63, 3.8) is 0 Å². The summed E-state index contributed by atoms with van der Waals surface area (Å²) in [6.45, 7) is -0.423. The molecule has 0 radical (unpaired) electrons. The Morgan fingerprint density at radius 3 is 2.50 bits per heavy atom. The van der Waals surface area contributed by atoms with E-state index in [1.54, 1.807) is 12.1 Å². The third-order valence-electron chi connectivity index (χ3n) is 2.96. The zero-order chi connectivity index (χ0) is 18.4. The molecule has 1 aromatic rings. The van der Waals surface area contributed by atoms with Crippen molar-refractivity contribution >= 4 is 29.2 Å². The molecule has 2 N–H and O–H groups in total. The first-order valence-electron chi connectivity index (χ1n) is 6.35. The standard InChI is InChI=1S/C15H12ClN3O5/c1-19(7-12(20)24-2)15(23)10(6-18)13(21)8-3-9(5-17)14(22)11(16)4-8/h3-4,21-22H,7H2,1-2H3/b13-10-.